The first kappa shape index (κ1) is 16.6. The van der Waals surface area contributed by atoms with Crippen LogP contribution in [-0.2, 0) is 26.5 Å². The summed E-state index contributed by atoms with van der Waals surface area (Å²) in [6.07, 6.45) is 2.22. The van der Waals surface area contributed by atoms with Crippen molar-refractivity contribution in [2.75, 3.05) is 6.61 Å². The molecule has 9 heavy (non-hydrogen) atoms. The molecule has 2 nitrogen and oxygen atoms in total. The Balaban J connectivity index is -0.000000180. The Morgan fingerprint density at radius 2 is 1.89 bits per heavy atom. The van der Waals surface area contributed by atoms with Gasteiger partial charge in [0.15, 0.2) is 0 Å². The topological polar surface area (TPSA) is 18.5 Å². The molecule has 56 valence electrons. The third kappa shape index (κ3) is 17.6. The molecule has 0 saturated carbocycles. The number of halogens is 2. The van der Waals surface area contributed by atoms with E-state index in [0.29, 0.717) is 6.61 Å². The summed E-state index contributed by atoms with van der Waals surface area (Å²) in [5.74, 6) is 0. The van der Waals surface area contributed by atoms with E-state index in [1.807, 2.05) is 17.8 Å². The van der Waals surface area contributed by atoms with E-state index in [4.69, 9.17) is 0 Å². The molecule has 0 atom stereocenters. The maximum absolute atomic E-state index is 4.55. The van der Waals surface area contributed by atoms with Gasteiger partial charge in [0, 0.05) is 0 Å². The number of hydrogen-bond acceptors (Lipinski definition) is 2. The van der Waals surface area contributed by atoms with E-state index in [1.165, 1.54) is 0 Å². The van der Waals surface area contributed by atoms with Crippen LogP contribution in [0.5, 0.6) is 0 Å². The Labute approximate surface area is 77.8 Å². The van der Waals surface area contributed by atoms with Crippen LogP contribution in [0, 0.1) is 0 Å². The van der Waals surface area contributed by atoms with Gasteiger partial charge in [-0.25, -0.2) is 0 Å². The minimum atomic E-state index is 0. The molecule has 0 rings (SSSR count). The van der Waals surface area contributed by atoms with Crippen LogP contribution in [0.2, 0.25) is 0 Å². The zero-order valence-electron chi connectivity index (χ0n) is 5.14. The number of hydrogen-bond donors (Lipinski definition) is 0. The standard InChI is InChI=1S/C4H10O2.2ClH.V/c1-2-3-4-6-5;;;/h5H,2-4H2,1H3;2*1H;/q;;;+3/p-3. The summed E-state index contributed by atoms with van der Waals surface area (Å²) in [6, 6.07) is 0. The first-order valence-corrected chi connectivity index (χ1v) is 2.92. The maximum Gasteiger partial charge on any atom is -1.00 e. The molecule has 0 unspecified atom stereocenters. The second kappa shape index (κ2) is 16.0. The summed E-state index contributed by atoms with van der Waals surface area (Å²) in [5.41, 5.74) is 0. The molecular weight excluding hydrogens is 202 g/mol. The van der Waals surface area contributed by atoms with E-state index in [0.717, 1.165) is 12.8 Å². The van der Waals surface area contributed by atoms with Crippen molar-refractivity contribution in [3.05, 3.63) is 0 Å². The molecular formula is C4H9Cl2O2V. The van der Waals surface area contributed by atoms with Crippen molar-refractivity contribution >= 4 is 0 Å². The molecule has 0 aromatic heterocycles. The first-order valence-electron chi connectivity index (χ1n) is 2.35. The van der Waals surface area contributed by atoms with Crippen LogP contribution in [0.25, 0.3) is 0 Å². The molecule has 0 aliphatic rings. The van der Waals surface area contributed by atoms with Crippen LogP contribution in [0.3, 0.4) is 0 Å². The van der Waals surface area contributed by atoms with Crippen LogP contribution in [0.1, 0.15) is 19.8 Å². The van der Waals surface area contributed by atoms with Crippen molar-refractivity contribution in [1.29, 1.82) is 0 Å². The second-order valence-corrected chi connectivity index (χ2v) is 1.48. The molecule has 0 spiro atoms. The zero-order valence-corrected chi connectivity index (χ0v) is 8.05. The van der Waals surface area contributed by atoms with Crippen molar-refractivity contribution in [1.82, 2.24) is 0 Å². The zero-order chi connectivity index (χ0) is 5.54. The van der Waals surface area contributed by atoms with Gasteiger partial charge in [-0.3, -0.25) is 0 Å². The van der Waals surface area contributed by atoms with E-state index in [9.17, 15) is 0 Å². The molecule has 0 amide bonds. The van der Waals surface area contributed by atoms with Crippen LogP contribution < -0.4 is 24.8 Å². The summed E-state index contributed by atoms with van der Waals surface area (Å²) in [4.78, 5) is 4.55. The first-order chi connectivity index (χ1) is 3.41. The molecule has 0 aromatic rings. The third-order valence-corrected chi connectivity index (χ3v) is 0.799. The number of rotatable bonds is 4. The molecule has 0 bridgehead atoms. The monoisotopic (exact) mass is 210 g/mol. The summed E-state index contributed by atoms with van der Waals surface area (Å²) in [7, 11) is 0. The summed E-state index contributed by atoms with van der Waals surface area (Å²) in [5, 5.41) is 0. The summed E-state index contributed by atoms with van der Waals surface area (Å²) in [6.45, 7) is 2.80. The second-order valence-electron chi connectivity index (χ2n) is 1.25. The van der Waals surface area contributed by atoms with Crippen molar-refractivity contribution in [3.63, 3.8) is 0 Å². The van der Waals surface area contributed by atoms with E-state index >= 15 is 0 Å². The van der Waals surface area contributed by atoms with Crippen molar-refractivity contribution in [2.24, 2.45) is 0 Å². The van der Waals surface area contributed by atoms with E-state index in [1.54, 1.807) is 0 Å². The maximum atomic E-state index is 4.55. The largest absolute Gasteiger partial charge is 1.00 e. The molecule has 0 fully saturated rings. The fourth-order valence-corrected chi connectivity index (χ4v) is 0.357. The van der Waals surface area contributed by atoms with Gasteiger partial charge in [-0.15, -0.1) is 0 Å². The Bertz CT molecular complexity index is 35.7. The Hall–Kier alpha value is 1.08. The molecule has 0 radical (unpaired) electrons. The van der Waals surface area contributed by atoms with E-state index in [-0.39, 0.29) is 24.8 Å². The molecule has 0 aliphatic carbocycles. The van der Waals surface area contributed by atoms with Crippen molar-refractivity contribution in [2.45, 2.75) is 19.8 Å². The van der Waals surface area contributed by atoms with Gasteiger partial charge in [-0.2, -0.15) is 0 Å². The Kier molecular flexibility index (Phi) is 29.5. The minimum Gasteiger partial charge on any atom is -1.00 e. The summed E-state index contributed by atoms with van der Waals surface area (Å²) >= 11 is 1.90. The number of unbranched alkanes of at least 4 members (excludes halogenated alkanes) is 1. The SMILES string of the molecule is CCCCO[O][V+2].[Cl-].[Cl-]. The average Bonchev–Trinajstić information content (AvgIpc) is 1.69. The Morgan fingerprint density at radius 3 is 2.22 bits per heavy atom. The van der Waals surface area contributed by atoms with Gasteiger partial charge in [0.05, 0.1) is 0 Å². The molecule has 0 heterocycles. The van der Waals surface area contributed by atoms with Crippen LogP contribution in [0.15, 0.2) is 0 Å². The van der Waals surface area contributed by atoms with Crippen molar-refractivity contribution < 1.29 is 51.3 Å². The van der Waals surface area contributed by atoms with E-state index < -0.39 is 0 Å². The summed E-state index contributed by atoms with van der Waals surface area (Å²) < 4.78 is 4.28. The Morgan fingerprint density at radius 1 is 1.33 bits per heavy atom. The van der Waals surface area contributed by atoms with Crippen molar-refractivity contribution in [3.8, 4) is 0 Å². The van der Waals surface area contributed by atoms with Gasteiger partial charge in [0.1, 0.15) is 0 Å². The van der Waals surface area contributed by atoms with Gasteiger partial charge in [0.2, 0.25) is 0 Å². The predicted octanol–water partition coefficient (Wildman–Crippen LogP) is -4.80. The average molecular weight is 211 g/mol. The third-order valence-electron chi connectivity index (χ3n) is 0.634. The smallest absolute Gasteiger partial charge is 1.00 e. The molecule has 0 N–H and O–H groups in total. The fourth-order valence-electron chi connectivity index (χ4n) is 0.241. The fraction of sp³-hybridized carbons (Fsp3) is 1.00. The quantitative estimate of drug-likeness (QED) is 0.264. The molecule has 0 aliphatic heterocycles. The van der Waals surface area contributed by atoms with Gasteiger partial charge in [-0.1, -0.05) is 0 Å². The van der Waals surface area contributed by atoms with Gasteiger partial charge < -0.3 is 24.8 Å². The molecule has 0 saturated heterocycles. The van der Waals surface area contributed by atoms with E-state index in [2.05, 4.69) is 15.6 Å². The van der Waals surface area contributed by atoms with Gasteiger partial charge in [0.25, 0.3) is 0 Å². The minimum absolute atomic E-state index is 0. The van der Waals surface area contributed by atoms with Gasteiger partial charge in [-0.05, 0) is 0 Å². The predicted molar refractivity (Wildman–Crippen MR) is 21.9 cm³/mol. The normalized spacial score (nSPS) is 7.11. The van der Waals surface area contributed by atoms with Crippen LogP contribution in [0.4, 0.5) is 0 Å². The van der Waals surface area contributed by atoms with Gasteiger partial charge >= 0.3 is 52.8 Å². The molecule has 0 aromatic carbocycles. The molecule has 5 heteroatoms. The van der Waals surface area contributed by atoms with Crippen LogP contribution in [-0.4, -0.2) is 6.61 Å². The van der Waals surface area contributed by atoms with Crippen LogP contribution >= 0.6 is 0 Å².